The van der Waals surface area contributed by atoms with Gasteiger partial charge in [-0.05, 0) is 19.8 Å². The van der Waals surface area contributed by atoms with Gasteiger partial charge in [0.1, 0.15) is 6.54 Å². The predicted octanol–water partition coefficient (Wildman–Crippen LogP) is 0.934. The molecule has 1 saturated carbocycles. The zero-order valence-electron chi connectivity index (χ0n) is 13.2. The summed E-state index contributed by atoms with van der Waals surface area (Å²) in [6.07, 6.45) is 4.77. The Labute approximate surface area is 126 Å². The molecule has 0 saturated heterocycles. The number of rotatable bonds is 8. The summed E-state index contributed by atoms with van der Waals surface area (Å²) < 4.78 is 9.99. The third kappa shape index (κ3) is 4.97. The van der Waals surface area contributed by atoms with Crippen LogP contribution in [0.25, 0.3) is 0 Å². The minimum Gasteiger partial charge on any atom is -0.465 e. The van der Waals surface area contributed by atoms with E-state index in [4.69, 9.17) is 15.2 Å². The van der Waals surface area contributed by atoms with Gasteiger partial charge in [0.15, 0.2) is 0 Å². The average Bonchev–Trinajstić information content (AvgIpc) is 2.51. The Morgan fingerprint density at radius 1 is 1.24 bits per heavy atom. The highest BCUT2D eigenvalue weighted by Crippen LogP contribution is 2.37. The van der Waals surface area contributed by atoms with Gasteiger partial charge < -0.3 is 20.1 Å². The van der Waals surface area contributed by atoms with Gasteiger partial charge in [-0.2, -0.15) is 0 Å². The van der Waals surface area contributed by atoms with Crippen LogP contribution in [0.15, 0.2) is 0 Å². The number of nitrogens with zero attached hydrogens (tertiary/aromatic N) is 1. The number of amides is 1. The molecular weight excluding hydrogens is 272 g/mol. The van der Waals surface area contributed by atoms with E-state index in [1.807, 2.05) is 0 Å². The van der Waals surface area contributed by atoms with Gasteiger partial charge >= 0.3 is 5.97 Å². The Morgan fingerprint density at radius 3 is 2.43 bits per heavy atom. The summed E-state index contributed by atoms with van der Waals surface area (Å²) in [5.74, 6) is -0.417. The number of esters is 1. The molecule has 0 aromatic carbocycles. The van der Waals surface area contributed by atoms with Gasteiger partial charge in [-0.3, -0.25) is 9.59 Å². The van der Waals surface area contributed by atoms with Crippen LogP contribution in [-0.2, 0) is 19.1 Å². The number of hydrogen-bond donors (Lipinski definition) is 1. The van der Waals surface area contributed by atoms with Gasteiger partial charge in [0, 0.05) is 20.2 Å². The largest absolute Gasteiger partial charge is 0.465 e. The fraction of sp³-hybridized carbons (Fsp3) is 0.867. The van der Waals surface area contributed by atoms with Crippen LogP contribution in [0.3, 0.4) is 0 Å². The molecule has 0 spiro atoms. The molecule has 0 bridgehead atoms. The van der Waals surface area contributed by atoms with Gasteiger partial charge in [0.2, 0.25) is 5.91 Å². The summed E-state index contributed by atoms with van der Waals surface area (Å²) in [4.78, 5) is 26.1. The van der Waals surface area contributed by atoms with Crippen LogP contribution < -0.4 is 5.73 Å². The Hall–Kier alpha value is -1.14. The highest BCUT2D eigenvalue weighted by atomic mass is 16.5. The van der Waals surface area contributed by atoms with Crippen molar-refractivity contribution in [3.63, 3.8) is 0 Å². The molecule has 122 valence electrons. The second-order valence-electron chi connectivity index (χ2n) is 5.57. The van der Waals surface area contributed by atoms with Crippen molar-refractivity contribution in [1.82, 2.24) is 4.90 Å². The molecule has 0 aromatic heterocycles. The van der Waals surface area contributed by atoms with Crippen molar-refractivity contribution >= 4 is 11.9 Å². The molecule has 0 radical (unpaired) electrons. The Balaban J connectivity index is 2.78. The van der Waals surface area contributed by atoms with Crippen molar-refractivity contribution in [2.75, 3.05) is 40.0 Å². The van der Waals surface area contributed by atoms with Crippen LogP contribution in [0.4, 0.5) is 0 Å². The van der Waals surface area contributed by atoms with Gasteiger partial charge in [-0.15, -0.1) is 0 Å². The monoisotopic (exact) mass is 300 g/mol. The number of carbonyl (C=O) groups excluding carboxylic acids is 2. The smallest absolute Gasteiger partial charge is 0.325 e. The quantitative estimate of drug-likeness (QED) is 0.674. The maximum atomic E-state index is 12.9. The topological polar surface area (TPSA) is 81.9 Å². The lowest BCUT2D eigenvalue weighted by Crippen LogP contribution is -2.51. The SMILES string of the molecule is CCOC(=O)CN(CCOC)C(=O)C1(CN)CCCCC1. The highest BCUT2D eigenvalue weighted by Gasteiger charge is 2.41. The fourth-order valence-corrected chi connectivity index (χ4v) is 2.89. The van der Waals surface area contributed by atoms with Gasteiger partial charge in [0.05, 0.1) is 18.6 Å². The van der Waals surface area contributed by atoms with E-state index in [1.165, 1.54) is 0 Å². The first kappa shape index (κ1) is 17.9. The number of carbonyl (C=O) groups is 2. The molecule has 6 heteroatoms. The van der Waals surface area contributed by atoms with Crippen molar-refractivity contribution in [1.29, 1.82) is 0 Å². The summed E-state index contributed by atoms with van der Waals surface area (Å²) in [5, 5.41) is 0. The average molecular weight is 300 g/mol. The number of methoxy groups -OCH3 is 1. The minimum atomic E-state index is -0.515. The van der Waals surface area contributed by atoms with Crippen LogP contribution >= 0.6 is 0 Å². The van der Waals surface area contributed by atoms with Gasteiger partial charge in [-0.25, -0.2) is 0 Å². The number of ether oxygens (including phenoxy) is 2. The molecule has 0 atom stereocenters. The Bertz CT molecular complexity index is 341. The van der Waals surface area contributed by atoms with Crippen molar-refractivity contribution in [2.24, 2.45) is 11.1 Å². The second-order valence-corrected chi connectivity index (χ2v) is 5.57. The van der Waals surface area contributed by atoms with Crippen molar-refractivity contribution < 1.29 is 19.1 Å². The molecule has 1 aliphatic rings. The summed E-state index contributed by atoms with van der Waals surface area (Å²) in [6.45, 7) is 3.15. The van der Waals surface area contributed by atoms with Crippen LogP contribution in [0.2, 0.25) is 0 Å². The molecule has 1 aliphatic carbocycles. The van der Waals surface area contributed by atoms with E-state index in [1.54, 1.807) is 18.9 Å². The number of nitrogens with two attached hydrogens (primary N) is 1. The lowest BCUT2D eigenvalue weighted by molar-refractivity contribution is -0.154. The molecule has 1 amide bonds. The van der Waals surface area contributed by atoms with Gasteiger partial charge in [0.25, 0.3) is 0 Å². The third-order valence-corrected chi connectivity index (χ3v) is 4.13. The van der Waals surface area contributed by atoms with E-state index in [-0.39, 0.29) is 18.4 Å². The lowest BCUT2D eigenvalue weighted by atomic mass is 9.73. The van der Waals surface area contributed by atoms with Crippen molar-refractivity contribution in [2.45, 2.75) is 39.0 Å². The summed E-state index contributed by atoms with van der Waals surface area (Å²) in [7, 11) is 1.58. The van der Waals surface area contributed by atoms with Crippen molar-refractivity contribution in [3.8, 4) is 0 Å². The van der Waals surface area contributed by atoms with Crippen LogP contribution in [-0.4, -0.2) is 56.7 Å². The zero-order valence-corrected chi connectivity index (χ0v) is 13.2. The minimum absolute atomic E-state index is 0.0300. The molecule has 0 heterocycles. The van der Waals surface area contributed by atoms with Crippen LogP contribution in [0.1, 0.15) is 39.0 Å². The predicted molar refractivity (Wildman–Crippen MR) is 79.7 cm³/mol. The number of hydrogen-bond acceptors (Lipinski definition) is 5. The summed E-state index contributed by atoms with van der Waals surface area (Å²) in [5.41, 5.74) is 5.38. The molecule has 0 unspecified atom stereocenters. The summed E-state index contributed by atoms with van der Waals surface area (Å²) in [6, 6.07) is 0. The Morgan fingerprint density at radius 2 is 1.90 bits per heavy atom. The maximum Gasteiger partial charge on any atom is 0.325 e. The van der Waals surface area contributed by atoms with Crippen LogP contribution in [0.5, 0.6) is 0 Å². The maximum absolute atomic E-state index is 12.9. The molecule has 1 fully saturated rings. The molecule has 0 aliphatic heterocycles. The molecule has 21 heavy (non-hydrogen) atoms. The normalized spacial score (nSPS) is 17.3. The molecule has 1 rings (SSSR count). The Kier molecular flexibility index (Phi) is 7.67. The van der Waals surface area contributed by atoms with Gasteiger partial charge in [-0.1, -0.05) is 19.3 Å². The third-order valence-electron chi connectivity index (χ3n) is 4.13. The standard InChI is InChI=1S/C15H28N2O4/c1-3-21-13(18)11-17(9-10-20-2)14(19)15(12-16)7-5-4-6-8-15/h3-12,16H2,1-2H3. The van der Waals surface area contributed by atoms with E-state index in [0.717, 1.165) is 32.1 Å². The molecular formula is C15H28N2O4. The van der Waals surface area contributed by atoms with E-state index in [9.17, 15) is 9.59 Å². The second kappa shape index (κ2) is 9.00. The van der Waals surface area contributed by atoms with E-state index in [2.05, 4.69) is 0 Å². The molecule has 2 N–H and O–H groups in total. The first-order valence-electron chi connectivity index (χ1n) is 7.73. The summed E-state index contributed by atoms with van der Waals surface area (Å²) >= 11 is 0. The zero-order chi connectivity index (χ0) is 15.7. The van der Waals surface area contributed by atoms with E-state index >= 15 is 0 Å². The molecule has 0 aromatic rings. The lowest BCUT2D eigenvalue weighted by Gasteiger charge is -2.38. The van der Waals surface area contributed by atoms with Crippen molar-refractivity contribution in [3.05, 3.63) is 0 Å². The van der Waals surface area contributed by atoms with Crippen LogP contribution in [0, 0.1) is 5.41 Å². The van der Waals surface area contributed by atoms with E-state index in [0.29, 0.717) is 26.3 Å². The van der Waals surface area contributed by atoms with E-state index < -0.39 is 5.41 Å². The highest BCUT2D eigenvalue weighted by molar-refractivity contribution is 5.86. The first-order chi connectivity index (χ1) is 10.1. The first-order valence-corrected chi connectivity index (χ1v) is 7.73. The molecule has 6 nitrogen and oxygen atoms in total. The fourth-order valence-electron chi connectivity index (χ4n) is 2.89.